The van der Waals surface area contributed by atoms with Gasteiger partial charge >= 0.3 is 5.97 Å². The predicted octanol–water partition coefficient (Wildman–Crippen LogP) is 2.09. The molecule has 0 aliphatic rings. The van der Waals surface area contributed by atoms with E-state index in [2.05, 4.69) is 9.72 Å². The summed E-state index contributed by atoms with van der Waals surface area (Å²) in [4.78, 5) is 27.0. The lowest BCUT2D eigenvalue weighted by Gasteiger charge is -2.02. The highest BCUT2D eigenvalue weighted by Gasteiger charge is 2.18. The van der Waals surface area contributed by atoms with E-state index in [9.17, 15) is 9.59 Å². The van der Waals surface area contributed by atoms with Crippen molar-refractivity contribution in [2.45, 2.75) is 6.92 Å². The van der Waals surface area contributed by atoms with Gasteiger partial charge in [-0.05, 0) is 19.1 Å². The molecule has 5 nitrogen and oxygen atoms in total. The van der Waals surface area contributed by atoms with Crippen LogP contribution >= 0.6 is 0 Å². The molecular formula is C13H11NO4. The van der Waals surface area contributed by atoms with E-state index in [1.165, 1.54) is 12.5 Å². The van der Waals surface area contributed by atoms with Crippen LogP contribution in [0.25, 0.3) is 11.5 Å². The number of oxazole rings is 1. The Morgan fingerprint density at radius 2 is 2.22 bits per heavy atom. The number of ketones is 1. The van der Waals surface area contributed by atoms with Crippen LogP contribution in [-0.4, -0.2) is 23.3 Å². The van der Waals surface area contributed by atoms with E-state index < -0.39 is 11.8 Å². The van der Waals surface area contributed by atoms with E-state index in [0.29, 0.717) is 11.5 Å². The number of nitrogens with zero attached hydrogens (tertiary/aromatic N) is 1. The maximum absolute atomic E-state index is 11.7. The first-order valence-electron chi connectivity index (χ1n) is 5.43. The number of carbonyl (C=O) groups is 2. The fourth-order valence-corrected chi connectivity index (χ4v) is 1.47. The minimum absolute atomic E-state index is 0.171. The van der Waals surface area contributed by atoms with Crippen molar-refractivity contribution < 1.29 is 18.7 Å². The Labute approximate surface area is 103 Å². The minimum atomic E-state index is -0.859. The summed E-state index contributed by atoms with van der Waals surface area (Å²) in [6, 6.07) is 6.50. The molecule has 1 heterocycles. The zero-order valence-electron chi connectivity index (χ0n) is 9.75. The maximum atomic E-state index is 11.7. The molecule has 2 rings (SSSR count). The number of carbonyl (C=O) groups excluding carboxylic acids is 2. The van der Waals surface area contributed by atoms with Crippen LogP contribution in [0.15, 0.2) is 41.1 Å². The molecule has 0 aliphatic heterocycles. The van der Waals surface area contributed by atoms with Crippen LogP contribution in [0.3, 0.4) is 0 Å². The van der Waals surface area contributed by atoms with Crippen molar-refractivity contribution in [3.8, 4) is 11.5 Å². The van der Waals surface area contributed by atoms with Gasteiger partial charge in [0.2, 0.25) is 5.89 Å². The number of ether oxygens (including phenoxy) is 1. The highest BCUT2D eigenvalue weighted by atomic mass is 16.5. The average Bonchev–Trinajstić information content (AvgIpc) is 2.92. The van der Waals surface area contributed by atoms with Crippen molar-refractivity contribution in [3.05, 3.63) is 42.3 Å². The number of benzene rings is 1. The normalized spacial score (nSPS) is 10.1. The fourth-order valence-electron chi connectivity index (χ4n) is 1.47. The molecule has 18 heavy (non-hydrogen) atoms. The molecule has 0 spiro atoms. The second kappa shape index (κ2) is 5.27. The van der Waals surface area contributed by atoms with Gasteiger partial charge in [0.25, 0.3) is 5.78 Å². The molecule has 0 aliphatic carbocycles. The van der Waals surface area contributed by atoms with Crippen LogP contribution in [0, 0.1) is 0 Å². The number of esters is 1. The second-order valence-corrected chi connectivity index (χ2v) is 3.47. The van der Waals surface area contributed by atoms with Gasteiger partial charge in [0.15, 0.2) is 0 Å². The number of Topliss-reactive ketones (excluding diaryl/α,β-unsaturated/α-hetero) is 1. The van der Waals surface area contributed by atoms with Gasteiger partial charge in [-0.25, -0.2) is 9.78 Å². The highest BCUT2D eigenvalue weighted by molar-refractivity contribution is 6.40. The molecule has 92 valence electrons. The Hall–Kier alpha value is -2.43. The molecule has 0 amide bonds. The van der Waals surface area contributed by atoms with E-state index in [0.717, 1.165) is 0 Å². The zero-order chi connectivity index (χ0) is 13.0. The van der Waals surface area contributed by atoms with Crippen LogP contribution < -0.4 is 0 Å². The lowest BCUT2D eigenvalue weighted by Crippen LogP contribution is -2.17. The molecule has 0 fully saturated rings. The third kappa shape index (κ3) is 2.45. The maximum Gasteiger partial charge on any atom is 0.379 e. The van der Waals surface area contributed by atoms with Crippen molar-refractivity contribution >= 4 is 11.8 Å². The van der Waals surface area contributed by atoms with Gasteiger partial charge in [-0.1, -0.05) is 12.1 Å². The molecule has 0 saturated carbocycles. The molecule has 0 atom stereocenters. The third-order valence-electron chi connectivity index (χ3n) is 2.26. The third-order valence-corrected chi connectivity index (χ3v) is 2.26. The van der Waals surface area contributed by atoms with E-state index in [4.69, 9.17) is 4.42 Å². The zero-order valence-corrected chi connectivity index (χ0v) is 9.75. The van der Waals surface area contributed by atoms with Gasteiger partial charge in [0, 0.05) is 11.1 Å². The van der Waals surface area contributed by atoms with Crippen LogP contribution in [0.1, 0.15) is 17.3 Å². The van der Waals surface area contributed by atoms with Gasteiger partial charge in [0.05, 0.1) is 12.8 Å². The number of aromatic nitrogens is 1. The van der Waals surface area contributed by atoms with Gasteiger partial charge in [-0.3, -0.25) is 4.79 Å². The molecule has 5 heteroatoms. The Kier molecular flexibility index (Phi) is 3.52. The second-order valence-electron chi connectivity index (χ2n) is 3.47. The minimum Gasteiger partial charge on any atom is -0.460 e. The molecular weight excluding hydrogens is 234 g/mol. The summed E-state index contributed by atoms with van der Waals surface area (Å²) in [6.07, 6.45) is 2.95. The monoisotopic (exact) mass is 245 g/mol. The summed E-state index contributed by atoms with van der Waals surface area (Å²) in [5.74, 6) is -1.14. The topological polar surface area (TPSA) is 69.4 Å². The lowest BCUT2D eigenvalue weighted by atomic mass is 10.1. The highest BCUT2D eigenvalue weighted by Crippen LogP contribution is 2.18. The Morgan fingerprint density at radius 1 is 1.39 bits per heavy atom. The molecule has 0 unspecified atom stereocenters. The molecule has 1 aromatic carbocycles. The van der Waals surface area contributed by atoms with Gasteiger partial charge in [-0.15, -0.1) is 0 Å². The quantitative estimate of drug-likeness (QED) is 0.468. The molecule has 2 aromatic rings. The standard InChI is InChI=1S/C13H11NO4/c1-2-17-13(16)11(15)9-4-3-5-10(8-9)12-14-6-7-18-12/h3-8H,2H2,1H3. The van der Waals surface area contributed by atoms with Crippen molar-refractivity contribution in [1.29, 1.82) is 0 Å². The first-order chi connectivity index (χ1) is 8.72. The lowest BCUT2D eigenvalue weighted by molar-refractivity contribution is -0.137. The Bertz CT molecular complexity index is 560. The number of rotatable bonds is 4. The van der Waals surface area contributed by atoms with Gasteiger partial charge < -0.3 is 9.15 Å². The van der Waals surface area contributed by atoms with E-state index in [1.54, 1.807) is 31.2 Å². The summed E-state index contributed by atoms with van der Waals surface area (Å²) < 4.78 is 9.78. The van der Waals surface area contributed by atoms with Crippen LogP contribution in [0.5, 0.6) is 0 Å². The van der Waals surface area contributed by atoms with Crippen molar-refractivity contribution in [2.24, 2.45) is 0 Å². The summed E-state index contributed by atoms with van der Waals surface area (Å²) in [5.41, 5.74) is 0.888. The van der Waals surface area contributed by atoms with Gasteiger partial charge in [0.1, 0.15) is 6.26 Å². The molecule has 0 N–H and O–H groups in total. The summed E-state index contributed by atoms with van der Waals surface area (Å²) in [6.45, 7) is 1.82. The largest absolute Gasteiger partial charge is 0.460 e. The van der Waals surface area contributed by atoms with Crippen LogP contribution in [0.4, 0.5) is 0 Å². The first kappa shape index (κ1) is 12.0. The smallest absolute Gasteiger partial charge is 0.379 e. The molecule has 0 bridgehead atoms. The van der Waals surface area contributed by atoms with Crippen LogP contribution in [0.2, 0.25) is 0 Å². The van der Waals surface area contributed by atoms with Crippen molar-refractivity contribution in [3.63, 3.8) is 0 Å². The fraction of sp³-hybridized carbons (Fsp3) is 0.154. The SMILES string of the molecule is CCOC(=O)C(=O)c1cccc(-c2ncco2)c1. The van der Waals surface area contributed by atoms with Crippen LogP contribution in [-0.2, 0) is 9.53 Å². The number of hydrogen-bond donors (Lipinski definition) is 0. The number of hydrogen-bond acceptors (Lipinski definition) is 5. The molecule has 0 saturated heterocycles. The first-order valence-corrected chi connectivity index (χ1v) is 5.43. The Morgan fingerprint density at radius 3 is 2.89 bits per heavy atom. The van der Waals surface area contributed by atoms with Crippen molar-refractivity contribution in [1.82, 2.24) is 4.98 Å². The van der Waals surface area contributed by atoms with Crippen molar-refractivity contribution in [2.75, 3.05) is 6.61 Å². The summed E-state index contributed by atoms with van der Waals surface area (Å²) >= 11 is 0. The Balaban J connectivity index is 2.28. The summed E-state index contributed by atoms with van der Waals surface area (Å²) in [7, 11) is 0. The molecule has 0 radical (unpaired) electrons. The van der Waals surface area contributed by atoms with E-state index >= 15 is 0 Å². The van der Waals surface area contributed by atoms with Gasteiger partial charge in [-0.2, -0.15) is 0 Å². The van der Waals surface area contributed by atoms with E-state index in [-0.39, 0.29) is 12.2 Å². The molecule has 1 aromatic heterocycles. The summed E-state index contributed by atoms with van der Waals surface area (Å²) in [5, 5.41) is 0. The average molecular weight is 245 g/mol. The van der Waals surface area contributed by atoms with E-state index in [1.807, 2.05) is 0 Å². The predicted molar refractivity (Wildman–Crippen MR) is 62.9 cm³/mol.